The molecule has 0 aliphatic rings. The van der Waals surface area contributed by atoms with Gasteiger partial charge >= 0.3 is 0 Å². The van der Waals surface area contributed by atoms with Crippen molar-refractivity contribution < 1.29 is 18.8 Å². The highest BCUT2D eigenvalue weighted by Gasteiger charge is 2.15. The van der Waals surface area contributed by atoms with E-state index in [1.54, 1.807) is 26.3 Å². The molecule has 0 aliphatic heterocycles. The van der Waals surface area contributed by atoms with Gasteiger partial charge in [0.1, 0.15) is 18.5 Å². The molecule has 0 heterocycles. The largest absolute Gasteiger partial charge is 0.497 e. The minimum absolute atomic E-state index is 0.226. The first kappa shape index (κ1) is 31.2. The number of nitrogens with one attached hydrogen (secondary N) is 1. The van der Waals surface area contributed by atoms with Crippen molar-refractivity contribution >= 4 is 11.4 Å². The third-order valence-electron chi connectivity index (χ3n) is 5.80. The average molecular weight is 503 g/mol. The van der Waals surface area contributed by atoms with Gasteiger partial charge in [-0.3, -0.25) is 0 Å². The maximum atomic E-state index is 6.15. The fourth-order valence-electron chi connectivity index (χ4n) is 3.56. The van der Waals surface area contributed by atoms with Crippen molar-refractivity contribution in [2.75, 3.05) is 59.5 Å². The topological polar surface area (TPSA) is 75.2 Å². The molecule has 0 aliphatic carbocycles. The van der Waals surface area contributed by atoms with Crippen molar-refractivity contribution in [3.63, 3.8) is 0 Å². The van der Waals surface area contributed by atoms with Gasteiger partial charge in [-0.1, -0.05) is 13.5 Å². The molecule has 3 N–H and O–H groups in total. The second-order valence-electron chi connectivity index (χ2n) is 8.91. The first-order chi connectivity index (χ1) is 17.2. The molecule has 36 heavy (non-hydrogen) atoms. The maximum Gasteiger partial charge on any atom is 0.199 e. The van der Waals surface area contributed by atoms with Crippen LogP contribution in [0.5, 0.6) is 11.5 Å². The maximum absolute atomic E-state index is 6.15. The van der Waals surface area contributed by atoms with Crippen LogP contribution in [0, 0.1) is 0 Å². The predicted octanol–water partition coefficient (Wildman–Crippen LogP) is 4.14. The van der Waals surface area contributed by atoms with Crippen LogP contribution in [0.15, 0.2) is 54.5 Å². The summed E-state index contributed by atoms with van der Waals surface area (Å²) in [4.78, 5) is 2.19. The molecular weight excluding hydrogens is 454 g/mol. The fraction of sp³-hybridized carbons (Fsp3) is 0.536. The summed E-state index contributed by atoms with van der Waals surface area (Å²) in [6.45, 7) is 15.8. The Balaban J connectivity index is 3.17. The molecule has 8 nitrogen and oxygen atoms in total. The van der Waals surface area contributed by atoms with Crippen LogP contribution in [0.3, 0.4) is 0 Å². The van der Waals surface area contributed by atoms with E-state index >= 15 is 0 Å². The molecule has 0 amide bonds. The molecule has 0 spiro atoms. The van der Waals surface area contributed by atoms with Gasteiger partial charge < -0.3 is 29.4 Å². The monoisotopic (exact) mass is 502 g/mol. The quantitative estimate of drug-likeness (QED) is 0.109. The van der Waals surface area contributed by atoms with Crippen LogP contribution in [-0.2, 0) is 4.74 Å². The Morgan fingerprint density at radius 1 is 1.17 bits per heavy atom. The number of benzene rings is 1. The number of ether oxygens (including phenoxy) is 3. The third-order valence-corrected chi connectivity index (χ3v) is 5.80. The molecule has 0 unspecified atom stereocenters. The van der Waals surface area contributed by atoms with E-state index in [2.05, 4.69) is 68.4 Å². The minimum atomic E-state index is 0.226. The summed E-state index contributed by atoms with van der Waals surface area (Å²) in [5.74, 6) is 7.63. The number of anilines is 1. The molecule has 0 radical (unpaired) electrons. The number of rotatable bonds is 17. The van der Waals surface area contributed by atoms with Gasteiger partial charge in [0.2, 0.25) is 0 Å². The van der Waals surface area contributed by atoms with Crippen molar-refractivity contribution in [1.29, 1.82) is 0 Å². The number of nitrogens with two attached hydrogens (primary N) is 1. The zero-order chi connectivity index (χ0) is 27.1. The lowest BCUT2D eigenvalue weighted by Gasteiger charge is -2.27. The van der Waals surface area contributed by atoms with Crippen molar-refractivity contribution in [2.24, 2.45) is 5.84 Å². The highest BCUT2D eigenvalue weighted by molar-refractivity contribution is 5.97. The first-order valence-corrected chi connectivity index (χ1v) is 12.5. The Labute approximate surface area is 218 Å². The predicted molar refractivity (Wildman–Crippen MR) is 151 cm³/mol. The molecule has 202 valence electrons. The lowest BCUT2D eigenvalue weighted by atomic mass is 10.1. The van der Waals surface area contributed by atoms with Gasteiger partial charge in [-0.2, -0.15) is 0 Å². The highest BCUT2D eigenvalue weighted by atomic mass is 16.5. The van der Waals surface area contributed by atoms with Crippen LogP contribution in [0.4, 0.5) is 5.69 Å². The van der Waals surface area contributed by atoms with E-state index < -0.39 is 0 Å². The lowest BCUT2D eigenvalue weighted by molar-refractivity contribution is -0.422. The van der Waals surface area contributed by atoms with Gasteiger partial charge in [-0.05, 0) is 39.8 Å². The van der Waals surface area contributed by atoms with Gasteiger partial charge in [-0.25, -0.2) is 10.4 Å². The Hall–Kier alpha value is -2.81. The zero-order valence-corrected chi connectivity index (χ0v) is 23.6. The van der Waals surface area contributed by atoms with E-state index in [1.165, 1.54) is 0 Å². The number of hydrogen-bond donors (Lipinski definition) is 2. The van der Waals surface area contributed by atoms with Crippen molar-refractivity contribution in [1.82, 2.24) is 10.3 Å². The molecule has 1 rings (SSSR count). The van der Waals surface area contributed by atoms with Crippen molar-refractivity contribution in [2.45, 2.75) is 46.6 Å². The molecule has 1 aromatic rings. The molecule has 1 aromatic carbocycles. The lowest BCUT2D eigenvalue weighted by Crippen LogP contribution is -2.35. The molecule has 0 saturated carbocycles. The summed E-state index contributed by atoms with van der Waals surface area (Å²) >= 11 is 0. The Kier molecular flexibility index (Phi) is 14.6. The second-order valence-corrected chi connectivity index (χ2v) is 8.91. The van der Waals surface area contributed by atoms with Gasteiger partial charge in [-0.15, -0.1) is 0 Å². The zero-order valence-electron chi connectivity index (χ0n) is 23.6. The molecule has 0 aromatic heterocycles. The molecule has 0 fully saturated rings. The molecule has 0 atom stereocenters. The number of hydrogen-bond acceptors (Lipinski definition) is 7. The van der Waals surface area contributed by atoms with Crippen LogP contribution >= 0.6 is 0 Å². The summed E-state index contributed by atoms with van der Waals surface area (Å²) in [5, 5.41) is 5.16. The van der Waals surface area contributed by atoms with E-state index in [0.29, 0.717) is 13.0 Å². The van der Waals surface area contributed by atoms with E-state index in [9.17, 15) is 0 Å². The summed E-state index contributed by atoms with van der Waals surface area (Å²) in [5.41, 5.74) is 4.22. The Morgan fingerprint density at radius 3 is 2.33 bits per heavy atom. The summed E-state index contributed by atoms with van der Waals surface area (Å²) in [7, 11) is 7.09. The number of methoxy groups -OCH3 is 3. The molecular formula is C28H48N5O3+. The van der Waals surface area contributed by atoms with E-state index in [-0.39, 0.29) is 6.04 Å². The van der Waals surface area contributed by atoms with Crippen LogP contribution in [-0.4, -0.2) is 76.0 Å². The van der Waals surface area contributed by atoms with Crippen LogP contribution in [0.1, 0.15) is 40.5 Å². The normalized spacial score (nSPS) is 12.7. The number of hydrazine groups is 1. The third kappa shape index (κ3) is 10.4. The van der Waals surface area contributed by atoms with Gasteiger partial charge in [0.25, 0.3) is 0 Å². The van der Waals surface area contributed by atoms with E-state index in [0.717, 1.165) is 60.2 Å². The van der Waals surface area contributed by atoms with Crippen LogP contribution in [0.2, 0.25) is 0 Å². The average Bonchev–Trinajstić information content (AvgIpc) is 2.86. The standard InChI is InChI=1S/C28H48N5O3/c1-10-30-20-28(23(4)21-33(29)22(2)3)31(6)14-11-13-24(5)32(15-12-16-34-7)25-17-26(35-8)19-27(18-25)36-9/h11,14,17-19,21-22,30H,5,10,12-13,15-16,20,29H2,1-4,6-9H3/q+1. The number of nitrogens with zero attached hydrogens (tertiary/aromatic N) is 3. The Bertz CT molecular complexity index is 886. The van der Waals surface area contributed by atoms with E-state index in [4.69, 9.17) is 20.1 Å². The summed E-state index contributed by atoms with van der Waals surface area (Å²) < 4.78 is 18.4. The van der Waals surface area contributed by atoms with Gasteiger partial charge in [0.05, 0.1) is 20.8 Å². The first-order valence-electron chi connectivity index (χ1n) is 12.5. The fourth-order valence-corrected chi connectivity index (χ4v) is 3.56. The molecule has 0 saturated heterocycles. The van der Waals surface area contributed by atoms with Crippen molar-refractivity contribution in [3.8, 4) is 11.5 Å². The smallest absolute Gasteiger partial charge is 0.199 e. The summed E-state index contributed by atoms with van der Waals surface area (Å²) in [6, 6.07) is 6.09. The second kappa shape index (κ2) is 16.8. The van der Waals surface area contributed by atoms with Gasteiger partial charge in [0, 0.05) is 74.1 Å². The minimum Gasteiger partial charge on any atom is -0.497 e. The van der Waals surface area contributed by atoms with E-state index in [1.807, 2.05) is 24.4 Å². The van der Waals surface area contributed by atoms with Crippen LogP contribution in [0.25, 0.3) is 0 Å². The van der Waals surface area contributed by atoms with Crippen molar-refractivity contribution in [3.05, 3.63) is 54.5 Å². The molecule has 8 heteroatoms. The summed E-state index contributed by atoms with van der Waals surface area (Å²) in [6.07, 6.45) is 7.77. The Morgan fingerprint density at radius 2 is 1.81 bits per heavy atom. The highest BCUT2D eigenvalue weighted by Crippen LogP contribution is 2.31. The van der Waals surface area contributed by atoms with Crippen LogP contribution < -0.4 is 25.5 Å². The number of allylic oxidation sites excluding steroid dienone is 1. The molecule has 0 bridgehead atoms. The van der Waals surface area contributed by atoms with Gasteiger partial charge in [0.15, 0.2) is 11.9 Å². The SMILES string of the molecule is C=C(CC=C[N+](C)=C(CNCC)C(C)=CN(N)C(C)C)N(CCCOC)c1cc(OC)cc(OC)c1.